The van der Waals surface area contributed by atoms with Crippen molar-refractivity contribution in [1.29, 1.82) is 0 Å². The third-order valence-corrected chi connectivity index (χ3v) is 5.32. The number of nitrogens with zero attached hydrogens (tertiary/aromatic N) is 6. The number of rotatable bonds is 7. The van der Waals surface area contributed by atoms with E-state index >= 15 is 0 Å². The molecule has 1 aliphatic rings. The van der Waals surface area contributed by atoms with Gasteiger partial charge in [-0.15, -0.1) is 0 Å². The zero-order valence-corrected chi connectivity index (χ0v) is 17.9. The molecule has 12 heteroatoms. The van der Waals surface area contributed by atoms with E-state index in [-0.39, 0.29) is 23.4 Å². The van der Waals surface area contributed by atoms with Crippen LogP contribution in [0.4, 0.5) is 26.1 Å². The summed E-state index contributed by atoms with van der Waals surface area (Å²) in [5, 5.41) is 17.4. The number of nitrogens with one attached hydrogen (secondary N) is 3. The summed E-state index contributed by atoms with van der Waals surface area (Å²) in [5.74, 6) is 0.519. The summed E-state index contributed by atoms with van der Waals surface area (Å²) in [7, 11) is 3.41. The van der Waals surface area contributed by atoms with Crippen molar-refractivity contribution in [2.45, 2.75) is 18.6 Å². The Balaban J connectivity index is 1.54. The van der Waals surface area contributed by atoms with Gasteiger partial charge in [-0.25, -0.2) is 13.8 Å². The number of anilines is 3. The Bertz CT molecular complexity index is 1440. The van der Waals surface area contributed by atoms with E-state index in [9.17, 15) is 13.6 Å². The van der Waals surface area contributed by atoms with Crippen LogP contribution in [0.3, 0.4) is 0 Å². The lowest BCUT2D eigenvalue weighted by molar-refractivity contribution is 0.459. The van der Waals surface area contributed by atoms with Gasteiger partial charge in [-0.05, 0) is 0 Å². The molecule has 5 rings (SSSR count). The molecule has 1 saturated carbocycles. The first-order valence-electron chi connectivity index (χ1n) is 10.2. The summed E-state index contributed by atoms with van der Waals surface area (Å²) in [5.41, 5.74) is 0.991. The van der Waals surface area contributed by atoms with Crippen LogP contribution in [0.2, 0.25) is 0 Å². The third kappa shape index (κ3) is 3.79. The first-order valence-corrected chi connectivity index (χ1v) is 10.2. The van der Waals surface area contributed by atoms with Crippen LogP contribution in [-0.4, -0.2) is 48.2 Å². The normalized spacial score (nSPS) is 17.2. The van der Waals surface area contributed by atoms with Crippen LogP contribution in [0.5, 0.6) is 0 Å². The van der Waals surface area contributed by atoms with Crippen molar-refractivity contribution >= 4 is 28.7 Å². The van der Waals surface area contributed by atoms with Gasteiger partial charge in [-0.3, -0.25) is 14.0 Å². The molecule has 0 radical (unpaired) electrons. The van der Waals surface area contributed by atoms with E-state index in [2.05, 4.69) is 37.7 Å². The van der Waals surface area contributed by atoms with Crippen LogP contribution in [0.1, 0.15) is 12.0 Å². The monoisotopic (exact) mass is 453 g/mol. The molecule has 33 heavy (non-hydrogen) atoms. The third-order valence-electron chi connectivity index (χ3n) is 5.32. The van der Waals surface area contributed by atoms with Gasteiger partial charge >= 0.3 is 0 Å². The molecule has 10 nitrogen and oxygen atoms in total. The van der Waals surface area contributed by atoms with E-state index < -0.39 is 17.5 Å². The molecule has 2 atom stereocenters. The average molecular weight is 453 g/mol. The molecule has 3 N–H and O–H groups in total. The summed E-state index contributed by atoms with van der Waals surface area (Å²) < 4.78 is 31.9. The van der Waals surface area contributed by atoms with Gasteiger partial charge in [-0.1, -0.05) is 6.58 Å². The lowest BCUT2D eigenvalue weighted by atomic mass is 10.2. The molecule has 0 aromatic carbocycles. The summed E-state index contributed by atoms with van der Waals surface area (Å²) >= 11 is 0. The maximum Gasteiger partial charge on any atom is 0.280 e. The quantitative estimate of drug-likeness (QED) is 0.394. The van der Waals surface area contributed by atoms with E-state index in [0.717, 1.165) is 16.8 Å². The van der Waals surface area contributed by atoms with Gasteiger partial charge in [-0.2, -0.15) is 14.7 Å². The van der Waals surface area contributed by atoms with Gasteiger partial charge in [0.15, 0.2) is 11.5 Å². The van der Waals surface area contributed by atoms with Gasteiger partial charge in [0.2, 0.25) is 0 Å². The highest BCUT2D eigenvalue weighted by Gasteiger charge is 2.38. The van der Waals surface area contributed by atoms with Gasteiger partial charge in [0, 0.05) is 50.6 Å². The second-order valence-corrected chi connectivity index (χ2v) is 7.77. The van der Waals surface area contributed by atoms with Crippen LogP contribution < -0.4 is 21.5 Å². The largest absolute Gasteiger partial charge is 0.379 e. The number of aryl methyl sites for hydroxylation is 1. The van der Waals surface area contributed by atoms with E-state index in [1.54, 1.807) is 43.1 Å². The topological polar surface area (TPSA) is 106 Å². The van der Waals surface area contributed by atoms with Crippen molar-refractivity contribution in [2.75, 3.05) is 17.7 Å². The second-order valence-electron chi connectivity index (χ2n) is 7.77. The molecule has 1 aliphatic carbocycles. The highest BCUT2D eigenvalue weighted by atomic mass is 19.1. The smallest absolute Gasteiger partial charge is 0.280 e. The molecule has 4 heterocycles. The molecule has 0 spiro atoms. The molecule has 4 aromatic heterocycles. The van der Waals surface area contributed by atoms with Gasteiger partial charge < -0.3 is 16.0 Å². The maximum absolute atomic E-state index is 14.3. The predicted octanol–water partition coefficient (Wildman–Crippen LogP) is 2.21. The summed E-state index contributed by atoms with van der Waals surface area (Å²) in [6, 6.07) is 4.06. The Hall–Kier alpha value is -4.22. The summed E-state index contributed by atoms with van der Waals surface area (Å²) in [4.78, 5) is 17.5. The number of fused-ring (bicyclic) bond motifs is 1. The lowest BCUT2D eigenvalue weighted by Gasteiger charge is -2.12. The SMILES string of the molecule is C=C(N[C@H]1C[C@H]1F)c1cnn2c(NC)cc(Nc3cc(F)cn(-c4ccn(C)n4)c3=O)nc12. The Morgan fingerprint density at radius 2 is 2.12 bits per heavy atom. The number of halogens is 2. The Labute approximate surface area is 186 Å². The van der Waals surface area contributed by atoms with Crippen LogP contribution in [0.25, 0.3) is 17.2 Å². The van der Waals surface area contributed by atoms with Crippen LogP contribution in [0.15, 0.2) is 48.2 Å². The number of hydrogen-bond donors (Lipinski definition) is 3. The number of aromatic nitrogens is 6. The fourth-order valence-electron chi connectivity index (χ4n) is 3.51. The minimum atomic E-state index is -0.893. The highest BCUT2D eigenvalue weighted by molar-refractivity contribution is 5.76. The minimum absolute atomic E-state index is 0.0178. The fraction of sp³-hybridized carbons (Fsp3) is 0.238. The highest BCUT2D eigenvalue weighted by Crippen LogP contribution is 2.29. The number of pyridine rings is 1. The van der Waals surface area contributed by atoms with Crippen LogP contribution in [0, 0.1) is 5.82 Å². The molecule has 4 aromatic rings. The predicted molar refractivity (Wildman–Crippen MR) is 120 cm³/mol. The standard InChI is InChI=1S/C21H21F2N9O/c1-11(26-15-7-14(15)23)13-9-25-32-19(24-2)8-17(28-20(13)32)27-16-6-12(22)10-31(21(16)33)18-4-5-30(3)29-18/h4-6,8-10,14-15,24,26H,1,7H2,2-3H3,(H,27,28)/t14-,15+/m1/s1. The van der Waals surface area contributed by atoms with E-state index in [0.29, 0.717) is 29.1 Å². The Morgan fingerprint density at radius 1 is 1.33 bits per heavy atom. The number of alkyl halides is 1. The summed E-state index contributed by atoms with van der Waals surface area (Å²) in [6.07, 6.45) is 3.85. The molecule has 170 valence electrons. The molecule has 0 saturated heterocycles. The van der Waals surface area contributed by atoms with Gasteiger partial charge in [0.05, 0.1) is 24.0 Å². The first-order chi connectivity index (χ1) is 15.8. The minimum Gasteiger partial charge on any atom is -0.379 e. The van der Waals surface area contributed by atoms with Crippen molar-refractivity contribution in [3.05, 3.63) is 65.1 Å². The number of hydrogen-bond acceptors (Lipinski definition) is 7. The molecule has 1 fully saturated rings. The van der Waals surface area contributed by atoms with Crippen molar-refractivity contribution in [3.63, 3.8) is 0 Å². The average Bonchev–Trinajstić information content (AvgIpc) is 3.15. The first kappa shape index (κ1) is 20.7. The molecule has 0 aliphatic heterocycles. The molecule has 0 bridgehead atoms. The van der Waals surface area contributed by atoms with Crippen LogP contribution in [-0.2, 0) is 7.05 Å². The second kappa shape index (κ2) is 7.73. The van der Waals surface area contributed by atoms with Crippen molar-refractivity contribution in [1.82, 2.24) is 34.3 Å². The zero-order chi connectivity index (χ0) is 23.3. The van der Waals surface area contributed by atoms with E-state index in [1.807, 2.05) is 0 Å². The fourth-order valence-corrected chi connectivity index (χ4v) is 3.51. The van der Waals surface area contributed by atoms with Crippen LogP contribution >= 0.6 is 0 Å². The molecule has 0 unspecified atom stereocenters. The Kier molecular flexibility index (Phi) is 4.84. The lowest BCUT2D eigenvalue weighted by Crippen LogP contribution is -2.22. The zero-order valence-electron chi connectivity index (χ0n) is 17.9. The van der Waals surface area contributed by atoms with Crippen molar-refractivity contribution in [2.24, 2.45) is 7.05 Å². The van der Waals surface area contributed by atoms with Gasteiger partial charge in [0.25, 0.3) is 5.56 Å². The van der Waals surface area contributed by atoms with E-state index in [1.165, 1.54) is 4.68 Å². The maximum atomic E-state index is 14.3. The molecular formula is C21H21F2N9O. The van der Waals surface area contributed by atoms with Crippen molar-refractivity contribution in [3.8, 4) is 5.82 Å². The molecule has 0 amide bonds. The molecular weight excluding hydrogens is 432 g/mol. The van der Waals surface area contributed by atoms with Gasteiger partial charge in [0.1, 0.15) is 29.3 Å². The Morgan fingerprint density at radius 3 is 2.79 bits per heavy atom. The van der Waals surface area contributed by atoms with E-state index in [4.69, 9.17) is 0 Å². The van der Waals surface area contributed by atoms with Crippen molar-refractivity contribution < 1.29 is 8.78 Å². The summed E-state index contributed by atoms with van der Waals surface area (Å²) in [6.45, 7) is 3.98.